The molecule has 1 unspecified atom stereocenters. The van der Waals surface area contributed by atoms with Crippen molar-refractivity contribution < 1.29 is 4.68 Å². The van der Waals surface area contributed by atoms with E-state index in [1.54, 1.807) is 0 Å². The first-order valence-electron chi connectivity index (χ1n) is 4.42. The van der Waals surface area contributed by atoms with E-state index >= 15 is 0 Å². The van der Waals surface area contributed by atoms with Crippen LogP contribution in [-0.2, 0) is 0 Å². The topological polar surface area (TPSA) is 21.7 Å². The van der Waals surface area contributed by atoms with E-state index in [0.29, 0.717) is 6.04 Å². The molecule has 1 aliphatic heterocycles. The van der Waals surface area contributed by atoms with E-state index in [2.05, 4.69) is 41.0 Å². The monoisotopic (exact) mass is 172 g/mol. The summed E-state index contributed by atoms with van der Waals surface area (Å²) in [7, 11) is 0. The molecule has 1 aromatic carbocycles. The third kappa shape index (κ3) is 0.736. The van der Waals surface area contributed by atoms with Crippen molar-refractivity contribution in [3.8, 4) is 5.69 Å². The highest BCUT2D eigenvalue weighted by molar-refractivity contribution is 5.37. The zero-order valence-electron chi connectivity index (χ0n) is 7.38. The minimum atomic E-state index is 0.353. The van der Waals surface area contributed by atoms with Gasteiger partial charge < -0.3 is 0 Å². The first kappa shape index (κ1) is 6.83. The molecule has 2 heterocycles. The van der Waals surface area contributed by atoms with Crippen LogP contribution in [0.3, 0.4) is 0 Å². The Morgan fingerprint density at radius 2 is 2.23 bits per heavy atom. The van der Waals surface area contributed by atoms with Gasteiger partial charge in [-0.05, 0) is 17.8 Å². The molecule has 13 heavy (non-hydrogen) atoms. The Morgan fingerprint density at radius 1 is 1.38 bits per heavy atom. The predicted octanol–water partition coefficient (Wildman–Crippen LogP) is 1.08. The molecule has 64 valence electrons. The maximum Gasteiger partial charge on any atom is 0.206 e. The molecule has 2 aromatic rings. The third-order valence-electron chi connectivity index (χ3n) is 2.59. The van der Waals surface area contributed by atoms with Crippen molar-refractivity contribution >= 4 is 0 Å². The first-order chi connectivity index (χ1) is 6.38. The minimum Gasteiger partial charge on any atom is -0.125 e. The summed E-state index contributed by atoms with van der Waals surface area (Å²) in [5.74, 6) is 0. The smallest absolute Gasteiger partial charge is 0.125 e. The van der Waals surface area contributed by atoms with E-state index < -0.39 is 0 Å². The molecule has 0 bridgehead atoms. The quantitative estimate of drug-likeness (QED) is 0.545. The van der Waals surface area contributed by atoms with E-state index in [4.69, 9.17) is 0 Å². The van der Waals surface area contributed by atoms with Gasteiger partial charge in [0.2, 0.25) is 6.20 Å². The predicted molar refractivity (Wildman–Crippen MR) is 47.6 cm³/mol. The van der Waals surface area contributed by atoms with Crippen LogP contribution in [0.1, 0.15) is 18.5 Å². The molecule has 0 saturated carbocycles. The second-order valence-corrected chi connectivity index (χ2v) is 3.31. The zero-order chi connectivity index (χ0) is 8.84. The van der Waals surface area contributed by atoms with Crippen molar-refractivity contribution in [3.63, 3.8) is 0 Å². The molecule has 1 aliphatic rings. The van der Waals surface area contributed by atoms with Crippen LogP contribution in [0.25, 0.3) is 5.69 Å². The zero-order valence-corrected chi connectivity index (χ0v) is 7.38. The highest BCUT2D eigenvalue weighted by Crippen LogP contribution is 2.24. The van der Waals surface area contributed by atoms with Gasteiger partial charge in [-0.2, -0.15) is 0 Å². The molecular formula is C10H10N3+. The summed E-state index contributed by atoms with van der Waals surface area (Å²) in [6.07, 6.45) is 3.81. The molecule has 0 amide bonds. The summed E-state index contributed by atoms with van der Waals surface area (Å²) in [6.45, 7) is 2.16. The maximum atomic E-state index is 4.27. The second-order valence-electron chi connectivity index (χ2n) is 3.31. The molecule has 1 atom stereocenters. The number of fused-ring (bicyclic) bond motifs is 3. The van der Waals surface area contributed by atoms with E-state index in [1.165, 1.54) is 11.3 Å². The lowest BCUT2D eigenvalue weighted by Gasteiger charge is -1.96. The molecule has 0 saturated heterocycles. The number of rotatable bonds is 0. The van der Waals surface area contributed by atoms with Gasteiger partial charge in [0.1, 0.15) is 6.04 Å². The average Bonchev–Trinajstić information content (AvgIpc) is 2.72. The minimum absolute atomic E-state index is 0.353. The van der Waals surface area contributed by atoms with Crippen molar-refractivity contribution in [1.82, 2.24) is 9.90 Å². The van der Waals surface area contributed by atoms with E-state index in [1.807, 2.05) is 17.2 Å². The van der Waals surface area contributed by atoms with E-state index in [-0.39, 0.29) is 0 Å². The molecule has 1 aromatic heterocycles. The lowest BCUT2D eigenvalue weighted by atomic mass is 10.1. The van der Waals surface area contributed by atoms with Crippen LogP contribution in [0.2, 0.25) is 0 Å². The average molecular weight is 172 g/mol. The van der Waals surface area contributed by atoms with Gasteiger partial charge in [-0.15, -0.1) is 4.68 Å². The lowest BCUT2D eigenvalue weighted by Crippen LogP contribution is -2.36. The fourth-order valence-corrected chi connectivity index (χ4v) is 1.94. The number of aromatic nitrogens is 3. The van der Waals surface area contributed by atoms with Crippen LogP contribution in [0.5, 0.6) is 0 Å². The lowest BCUT2D eigenvalue weighted by molar-refractivity contribution is -0.682. The maximum absolute atomic E-state index is 4.27. The summed E-state index contributed by atoms with van der Waals surface area (Å²) in [5, 5.41) is 4.27. The van der Waals surface area contributed by atoms with Crippen molar-refractivity contribution in [2.75, 3.05) is 0 Å². The Kier molecular flexibility index (Phi) is 1.15. The number of para-hydroxylation sites is 1. The van der Waals surface area contributed by atoms with Crippen molar-refractivity contribution in [2.24, 2.45) is 0 Å². The molecule has 3 heteroatoms. The molecule has 3 nitrogen and oxygen atoms in total. The standard InChI is InChI=1S/C10H10N3/c1-8-9-4-2-3-5-10(9)12-7-6-11-13(8)12/h2-8H,1H3/q+1. The summed E-state index contributed by atoms with van der Waals surface area (Å²) in [5.41, 5.74) is 2.59. The number of hydrogen-bond acceptors (Lipinski definition) is 1. The number of benzene rings is 1. The van der Waals surface area contributed by atoms with Crippen LogP contribution in [0.15, 0.2) is 36.7 Å². The Bertz CT molecular complexity index is 459. The normalized spacial score (nSPS) is 18.4. The molecule has 3 rings (SSSR count). The van der Waals surface area contributed by atoms with Gasteiger partial charge in [0, 0.05) is 10.7 Å². The van der Waals surface area contributed by atoms with Crippen LogP contribution in [0.4, 0.5) is 0 Å². The SMILES string of the molecule is CC1c2ccccc2-[n+]2ccnn21. The van der Waals surface area contributed by atoms with Crippen molar-refractivity contribution in [2.45, 2.75) is 13.0 Å². The van der Waals surface area contributed by atoms with Gasteiger partial charge in [-0.3, -0.25) is 0 Å². The van der Waals surface area contributed by atoms with E-state index in [9.17, 15) is 0 Å². The van der Waals surface area contributed by atoms with Gasteiger partial charge in [-0.1, -0.05) is 18.2 Å². The largest absolute Gasteiger partial charge is 0.206 e. The van der Waals surface area contributed by atoms with Crippen LogP contribution < -0.4 is 4.68 Å². The Morgan fingerprint density at radius 3 is 3.15 bits per heavy atom. The Hall–Kier alpha value is -1.64. The van der Waals surface area contributed by atoms with Gasteiger partial charge in [0.25, 0.3) is 0 Å². The number of nitrogens with zero attached hydrogens (tertiary/aromatic N) is 3. The third-order valence-corrected chi connectivity index (χ3v) is 2.59. The second kappa shape index (κ2) is 2.19. The molecule has 0 aliphatic carbocycles. The highest BCUT2D eigenvalue weighted by atomic mass is 15.6. The van der Waals surface area contributed by atoms with Gasteiger partial charge in [0.05, 0.1) is 0 Å². The van der Waals surface area contributed by atoms with Gasteiger partial charge >= 0.3 is 0 Å². The Labute approximate surface area is 76.2 Å². The highest BCUT2D eigenvalue weighted by Gasteiger charge is 2.30. The summed E-state index contributed by atoms with van der Waals surface area (Å²) < 4.78 is 2.08. The van der Waals surface area contributed by atoms with Crippen LogP contribution in [-0.4, -0.2) is 9.90 Å². The van der Waals surface area contributed by atoms with Crippen molar-refractivity contribution in [3.05, 3.63) is 42.2 Å². The summed E-state index contributed by atoms with van der Waals surface area (Å²) >= 11 is 0. The first-order valence-corrected chi connectivity index (χ1v) is 4.42. The summed E-state index contributed by atoms with van der Waals surface area (Å²) in [4.78, 5) is 1.99. The molecule has 0 N–H and O–H groups in total. The fourth-order valence-electron chi connectivity index (χ4n) is 1.94. The molecule has 0 fully saturated rings. The van der Waals surface area contributed by atoms with Crippen LogP contribution in [0, 0.1) is 0 Å². The molecule has 0 spiro atoms. The van der Waals surface area contributed by atoms with E-state index in [0.717, 1.165) is 0 Å². The summed E-state index contributed by atoms with van der Waals surface area (Å²) in [6, 6.07) is 8.76. The van der Waals surface area contributed by atoms with Gasteiger partial charge in [-0.25, -0.2) is 0 Å². The van der Waals surface area contributed by atoms with Crippen molar-refractivity contribution in [1.29, 1.82) is 0 Å². The van der Waals surface area contributed by atoms with Gasteiger partial charge in [0.15, 0.2) is 11.9 Å². The number of hydrogen-bond donors (Lipinski definition) is 0. The Balaban J connectivity index is 2.37. The molecule has 0 radical (unpaired) electrons. The van der Waals surface area contributed by atoms with Crippen LogP contribution >= 0.6 is 0 Å². The fraction of sp³-hybridized carbons (Fsp3) is 0.200. The molecular weight excluding hydrogens is 162 g/mol.